The van der Waals surface area contributed by atoms with Crippen molar-refractivity contribution in [2.45, 2.75) is 51.5 Å². The number of rotatable bonds is 6. The first-order chi connectivity index (χ1) is 8.77. The molecule has 100 valence electrons. The minimum Gasteiger partial charge on any atom is -0.354 e. The molecule has 2 rings (SSSR count). The van der Waals surface area contributed by atoms with Gasteiger partial charge in [-0.2, -0.15) is 0 Å². The maximum atomic E-state index is 11.9. The molecule has 1 amide bonds. The standard InChI is InChI=1S/C14H23N3O/c1-12(17-10-9-15-11-17)14(18)16-8-4-7-13-5-2-3-6-13/h9-13H,2-8H2,1H3,(H,16,18). The number of aromatic nitrogens is 2. The number of carbonyl (C=O) groups excluding carboxylic acids is 1. The molecule has 0 spiro atoms. The average molecular weight is 249 g/mol. The van der Waals surface area contributed by atoms with Gasteiger partial charge in [0.25, 0.3) is 0 Å². The van der Waals surface area contributed by atoms with Crippen molar-refractivity contribution >= 4 is 5.91 Å². The molecular formula is C14H23N3O. The largest absolute Gasteiger partial charge is 0.354 e. The Bertz CT molecular complexity index is 355. The van der Waals surface area contributed by atoms with E-state index in [-0.39, 0.29) is 11.9 Å². The van der Waals surface area contributed by atoms with Crippen molar-refractivity contribution in [3.8, 4) is 0 Å². The van der Waals surface area contributed by atoms with E-state index >= 15 is 0 Å². The molecule has 0 saturated heterocycles. The predicted octanol–water partition coefficient (Wildman–Crippen LogP) is 2.53. The Labute approximate surface area is 109 Å². The quantitative estimate of drug-likeness (QED) is 0.787. The molecule has 0 aromatic carbocycles. The molecule has 1 aliphatic rings. The van der Waals surface area contributed by atoms with Gasteiger partial charge in [0.2, 0.25) is 5.91 Å². The Hall–Kier alpha value is -1.32. The molecular weight excluding hydrogens is 226 g/mol. The van der Waals surface area contributed by atoms with Gasteiger partial charge >= 0.3 is 0 Å². The fourth-order valence-corrected chi connectivity index (χ4v) is 2.68. The van der Waals surface area contributed by atoms with Gasteiger partial charge in [0.15, 0.2) is 0 Å². The van der Waals surface area contributed by atoms with Crippen molar-refractivity contribution in [2.24, 2.45) is 5.92 Å². The lowest BCUT2D eigenvalue weighted by Crippen LogP contribution is -2.31. The Morgan fingerprint density at radius 3 is 2.94 bits per heavy atom. The van der Waals surface area contributed by atoms with Gasteiger partial charge in [0.1, 0.15) is 6.04 Å². The summed E-state index contributed by atoms with van der Waals surface area (Å²) in [5.41, 5.74) is 0. The Morgan fingerprint density at radius 1 is 1.50 bits per heavy atom. The highest BCUT2D eigenvalue weighted by Gasteiger charge is 2.15. The molecule has 0 radical (unpaired) electrons. The van der Waals surface area contributed by atoms with Crippen molar-refractivity contribution in [1.82, 2.24) is 14.9 Å². The average Bonchev–Trinajstić information content (AvgIpc) is 3.05. The highest BCUT2D eigenvalue weighted by molar-refractivity contribution is 5.79. The minimum absolute atomic E-state index is 0.0828. The third kappa shape index (κ3) is 3.59. The van der Waals surface area contributed by atoms with Crippen molar-refractivity contribution in [2.75, 3.05) is 6.54 Å². The zero-order chi connectivity index (χ0) is 12.8. The van der Waals surface area contributed by atoms with Gasteiger partial charge in [0, 0.05) is 18.9 Å². The van der Waals surface area contributed by atoms with Gasteiger partial charge in [-0.3, -0.25) is 4.79 Å². The molecule has 1 heterocycles. The Kier molecular flexibility index (Phi) is 4.79. The third-order valence-electron chi connectivity index (χ3n) is 3.91. The summed E-state index contributed by atoms with van der Waals surface area (Å²) in [6.45, 7) is 2.70. The summed E-state index contributed by atoms with van der Waals surface area (Å²) in [4.78, 5) is 15.8. The van der Waals surface area contributed by atoms with Crippen LogP contribution in [-0.2, 0) is 4.79 Å². The van der Waals surface area contributed by atoms with Crippen LogP contribution >= 0.6 is 0 Å². The van der Waals surface area contributed by atoms with E-state index in [1.807, 2.05) is 17.7 Å². The zero-order valence-electron chi connectivity index (χ0n) is 11.1. The molecule has 0 aliphatic heterocycles. The van der Waals surface area contributed by atoms with Crippen LogP contribution in [-0.4, -0.2) is 22.0 Å². The van der Waals surface area contributed by atoms with Crippen molar-refractivity contribution in [3.05, 3.63) is 18.7 Å². The van der Waals surface area contributed by atoms with Crippen LogP contribution < -0.4 is 5.32 Å². The topological polar surface area (TPSA) is 46.9 Å². The lowest BCUT2D eigenvalue weighted by Gasteiger charge is -2.14. The number of imidazole rings is 1. The molecule has 18 heavy (non-hydrogen) atoms. The van der Waals surface area contributed by atoms with E-state index in [1.54, 1.807) is 12.5 Å². The van der Waals surface area contributed by atoms with Crippen LogP contribution in [0.15, 0.2) is 18.7 Å². The lowest BCUT2D eigenvalue weighted by atomic mass is 10.0. The monoisotopic (exact) mass is 249 g/mol. The summed E-state index contributed by atoms with van der Waals surface area (Å²) < 4.78 is 1.83. The summed E-state index contributed by atoms with van der Waals surface area (Å²) in [7, 11) is 0. The molecule has 0 bridgehead atoms. The molecule has 1 aliphatic carbocycles. The van der Waals surface area contributed by atoms with Gasteiger partial charge in [-0.15, -0.1) is 0 Å². The third-order valence-corrected chi connectivity index (χ3v) is 3.91. The fourth-order valence-electron chi connectivity index (χ4n) is 2.68. The zero-order valence-corrected chi connectivity index (χ0v) is 11.1. The number of carbonyl (C=O) groups is 1. The SMILES string of the molecule is CC(C(=O)NCCCC1CCCC1)n1ccnc1. The summed E-state index contributed by atoms with van der Waals surface area (Å²) >= 11 is 0. The van der Waals surface area contributed by atoms with Crippen molar-refractivity contribution in [1.29, 1.82) is 0 Å². The first-order valence-corrected chi connectivity index (χ1v) is 7.02. The molecule has 1 unspecified atom stereocenters. The molecule has 4 heteroatoms. The smallest absolute Gasteiger partial charge is 0.242 e. The summed E-state index contributed by atoms with van der Waals surface area (Å²) in [6.07, 6.45) is 13.1. The van der Waals surface area contributed by atoms with E-state index < -0.39 is 0 Å². The summed E-state index contributed by atoms with van der Waals surface area (Å²) in [5, 5.41) is 3.01. The number of amides is 1. The molecule has 1 fully saturated rings. The Morgan fingerprint density at radius 2 is 2.28 bits per heavy atom. The first kappa shape index (κ1) is 13.1. The van der Waals surface area contributed by atoms with E-state index in [0.717, 1.165) is 18.9 Å². The minimum atomic E-state index is -0.168. The van der Waals surface area contributed by atoms with Crippen LogP contribution in [0.3, 0.4) is 0 Å². The number of nitrogens with zero attached hydrogens (tertiary/aromatic N) is 2. The first-order valence-electron chi connectivity index (χ1n) is 7.02. The van der Waals surface area contributed by atoms with Gasteiger partial charge in [-0.1, -0.05) is 25.7 Å². The van der Waals surface area contributed by atoms with E-state index in [9.17, 15) is 4.79 Å². The van der Waals surface area contributed by atoms with E-state index in [0.29, 0.717) is 0 Å². The Balaban J connectivity index is 1.62. The highest BCUT2D eigenvalue weighted by Crippen LogP contribution is 2.28. The second-order valence-electron chi connectivity index (χ2n) is 5.27. The highest BCUT2D eigenvalue weighted by atomic mass is 16.2. The van der Waals surface area contributed by atoms with Gasteiger partial charge < -0.3 is 9.88 Å². The van der Waals surface area contributed by atoms with Crippen LogP contribution in [0.4, 0.5) is 0 Å². The van der Waals surface area contributed by atoms with Crippen LogP contribution in [0.5, 0.6) is 0 Å². The number of hydrogen-bond donors (Lipinski definition) is 1. The van der Waals surface area contributed by atoms with E-state index in [2.05, 4.69) is 10.3 Å². The van der Waals surface area contributed by atoms with Gasteiger partial charge in [0.05, 0.1) is 6.33 Å². The fraction of sp³-hybridized carbons (Fsp3) is 0.714. The molecule has 1 aromatic rings. The summed E-state index contributed by atoms with van der Waals surface area (Å²) in [6, 6.07) is -0.168. The molecule has 4 nitrogen and oxygen atoms in total. The van der Waals surface area contributed by atoms with Gasteiger partial charge in [-0.25, -0.2) is 4.98 Å². The van der Waals surface area contributed by atoms with E-state index in [1.165, 1.54) is 32.1 Å². The second kappa shape index (κ2) is 6.57. The molecule has 1 atom stereocenters. The van der Waals surface area contributed by atoms with Crippen LogP contribution in [0.2, 0.25) is 0 Å². The predicted molar refractivity (Wildman–Crippen MR) is 71.1 cm³/mol. The number of nitrogens with one attached hydrogen (secondary N) is 1. The van der Waals surface area contributed by atoms with Crippen molar-refractivity contribution < 1.29 is 4.79 Å². The molecule has 1 N–H and O–H groups in total. The maximum absolute atomic E-state index is 11.9. The van der Waals surface area contributed by atoms with E-state index in [4.69, 9.17) is 0 Å². The normalized spacial score (nSPS) is 17.8. The maximum Gasteiger partial charge on any atom is 0.242 e. The summed E-state index contributed by atoms with van der Waals surface area (Å²) in [5.74, 6) is 0.993. The van der Waals surface area contributed by atoms with Crippen LogP contribution in [0.1, 0.15) is 51.5 Å². The lowest BCUT2D eigenvalue weighted by molar-refractivity contribution is -0.123. The molecule has 1 saturated carbocycles. The van der Waals surface area contributed by atoms with Crippen molar-refractivity contribution in [3.63, 3.8) is 0 Å². The second-order valence-corrected chi connectivity index (χ2v) is 5.27. The van der Waals surface area contributed by atoms with Crippen LogP contribution in [0, 0.1) is 5.92 Å². The molecule has 1 aromatic heterocycles. The number of hydrogen-bond acceptors (Lipinski definition) is 2. The van der Waals surface area contributed by atoms with Gasteiger partial charge in [-0.05, 0) is 25.7 Å². The van der Waals surface area contributed by atoms with Crippen LogP contribution in [0.25, 0.3) is 0 Å².